The van der Waals surface area contributed by atoms with Crippen LogP contribution in [-0.2, 0) is 9.84 Å². The van der Waals surface area contributed by atoms with Gasteiger partial charge in [-0.25, -0.2) is 8.42 Å². The van der Waals surface area contributed by atoms with Gasteiger partial charge in [0.1, 0.15) is 0 Å². The van der Waals surface area contributed by atoms with Crippen molar-refractivity contribution in [3.8, 4) is 0 Å². The molecule has 0 N–H and O–H groups in total. The molecule has 0 fully saturated rings. The van der Waals surface area contributed by atoms with Crippen LogP contribution in [0.25, 0.3) is 0 Å². The molecule has 0 heterocycles. The summed E-state index contributed by atoms with van der Waals surface area (Å²) < 4.78 is 22.3. The summed E-state index contributed by atoms with van der Waals surface area (Å²) in [5, 5.41) is 0.266. The van der Waals surface area contributed by atoms with Crippen molar-refractivity contribution in [2.45, 2.75) is 4.90 Å². The molecule has 72 valence electrons. The fraction of sp³-hybridized carbons (Fsp3) is 0.143. The van der Waals surface area contributed by atoms with Gasteiger partial charge in [0.15, 0.2) is 9.84 Å². The molecule has 1 rings (SSSR count). The van der Waals surface area contributed by atoms with Gasteiger partial charge in [-0.3, -0.25) is 0 Å². The van der Waals surface area contributed by atoms with Gasteiger partial charge in [0, 0.05) is 6.26 Å². The SMILES string of the molecule is CS(=O)(=O)c1ccc(Cl)c(Cl)c1Cl. The smallest absolute Gasteiger partial charge is 0.177 e. The fourth-order valence-corrected chi connectivity index (χ4v) is 2.55. The average molecular weight is 260 g/mol. The van der Waals surface area contributed by atoms with E-state index in [4.69, 9.17) is 34.8 Å². The Labute approximate surface area is 91.3 Å². The Balaban J connectivity index is 3.53. The van der Waals surface area contributed by atoms with E-state index in [1.165, 1.54) is 12.1 Å². The molecule has 0 aliphatic rings. The number of hydrogen-bond acceptors (Lipinski definition) is 2. The summed E-state index contributed by atoms with van der Waals surface area (Å²) in [4.78, 5) is -0.0106. The second kappa shape index (κ2) is 3.65. The Morgan fingerprint density at radius 3 is 2.08 bits per heavy atom. The summed E-state index contributed by atoms with van der Waals surface area (Å²) in [6.45, 7) is 0. The average Bonchev–Trinajstić information content (AvgIpc) is 1.98. The zero-order valence-electron chi connectivity index (χ0n) is 6.51. The van der Waals surface area contributed by atoms with E-state index in [9.17, 15) is 8.42 Å². The molecule has 0 atom stereocenters. The molecule has 0 aliphatic carbocycles. The maximum Gasteiger partial charge on any atom is 0.177 e. The van der Waals surface area contributed by atoms with Crippen LogP contribution in [0.4, 0.5) is 0 Å². The third kappa shape index (κ3) is 2.29. The van der Waals surface area contributed by atoms with Crippen LogP contribution in [0.5, 0.6) is 0 Å². The number of hydrogen-bond donors (Lipinski definition) is 0. The molecule has 1 aromatic rings. The lowest BCUT2D eigenvalue weighted by Crippen LogP contribution is -1.98. The van der Waals surface area contributed by atoms with Crippen molar-refractivity contribution >= 4 is 44.6 Å². The molecule has 0 saturated heterocycles. The maximum absolute atomic E-state index is 11.1. The number of rotatable bonds is 1. The standard InChI is InChI=1S/C7H5Cl3O2S/c1-13(11,12)5-3-2-4(8)6(9)7(5)10/h2-3H,1H3. The maximum atomic E-state index is 11.1. The summed E-state index contributed by atoms with van der Waals surface area (Å²) in [6, 6.07) is 2.72. The molecular formula is C7H5Cl3O2S. The summed E-state index contributed by atoms with van der Waals surface area (Å²) in [5.41, 5.74) is 0. The molecule has 2 nitrogen and oxygen atoms in total. The second-order valence-corrected chi connectivity index (χ2v) is 5.59. The molecule has 13 heavy (non-hydrogen) atoms. The van der Waals surface area contributed by atoms with E-state index in [2.05, 4.69) is 0 Å². The zero-order valence-corrected chi connectivity index (χ0v) is 9.60. The first kappa shape index (κ1) is 11.1. The molecule has 0 bridgehead atoms. The topological polar surface area (TPSA) is 34.1 Å². The van der Waals surface area contributed by atoms with Crippen LogP contribution in [0.1, 0.15) is 0 Å². The van der Waals surface area contributed by atoms with Crippen LogP contribution in [0.2, 0.25) is 15.1 Å². The van der Waals surface area contributed by atoms with Crippen molar-refractivity contribution in [1.82, 2.24) is 0 Å². The van der Waals surface area contributed by atoms with Gasteiger partial charge in [0.25, 0.3) is 0 Å². The van der Waals surface area contributed by atoms with Gasteiger partial charge in [-0.05, 0) is 12.1 Å². The van der Waals surface area contributed by atoms with Crippen LogP contribution in [0, 0.1) is 0 Å². The van der Waals surface area contributed by atoms with Gasteiger partial charge in [0.2, 0.25) is 0 Å². The molecule has 0 spiro atoms. The van der Waals surface area contributed by atoms with Gasteiger partial charge >= 0.3 is 0 Å². The minimum absolute atomic E-state index is 0.0106. The third-order valence-electron chi connectivity index (χ3n) is 1.40. The van der Waals surface area contributed by atoms with E-state index in [1.807, 2.05) is 0 Å². The summed E-state index contributed by atoms with van der Waals surface area (Å²) in [5.74, 6) is 0. The van der Waals surface area contributed by atoms with E-state index < -0.39 is 9.84 Å². The summed E-state index contributed by atoms with van der Waals surface area (Å²) >= 11 is 17.0. The van der Waals surface area contributed by atoms with E-state index in [-0.39, 0.29) is 20.0 Å². The van der Waals surface area contributed by atoms with Crippen LogP contribution in [-0.4, -0.2) is 14.7 Å². The Kier molecular flexibility index (Phi) is 3.12. The van der Waals surface area contributed by atoms with Gasteiger partial charge in [-0.15, -0.1) is 0 Å². The molecule has 6 heteroatoms. The number of sulfone groups is 1. The van der Waals surface area contributed by atoms with Gasteiger partial charge in [-0.2, -0.15) is 0 Å². The first-order valence-corrected chi connectivity index (χ1v) is 6.20. The van der Waals surface area contributed by atoms with E-state index >= 15 is 0 Å². The fourth-order valence-electron chi connectivity index (χ4n) is 0.795. The molecule has 0 aliphatic heterocycles. The Bertz CT molecular complexity index is 439. The van der Waals surface area contributed by atoms with E-state index in [0.717, 1.165) is 6.26 Å². The van der Waals surface area contributed by atoms with Crippen molar-refractivity contribution < 1.29 is 8.42 Å². The van der Waals surface area contributed by atoms with Gasteiger partial charge < -0.3 is 0 Å². The lowest BCUT2D eigenvalue weighted by molar-refractivity contribution is 0.602. The minimum atomic E-state index is -3.35. The first-order valence-electron chi connectivity index (χ1n) is 3.17. The predicted molar refractivity (Wildman–Crippen MR) is 54.6 cm³/mol. The van der Waals surface area contributed by atoms with Gasteiger partial charge in [0.05, 0.1) is 20.0 Å². The second-order valence-electron chi connectivity index (χ2n) is 2.45. The monoisotopic (exact) mass is 258 g/mol. The highest BCUT2D eigenvalue weighted by Crippen LogP contribution is 2.34. The largest absolute Gasteiger partial charge is 0.224 e. The molecule has 0 aromatic heterocycles. The molecule has 0 amide bonds. The molecule has 0 saturated carbocycles. The van der Waals surface area contributed by atoms with Crippen LogP contribution in [0.15, 0.2) is 17.0 Å². The Morgan fingerprint density at radius 2 is 1.62 bits per heavy atom. The highest BCUT2D eigenvalue weighted by Gasteiger charge is 2.16. The lowest BCUT2D eigenvalue weighted by Gasteiger charge is -2.04. The molecule has 0 radical (unpaired) electrons. The van der Waals surface area contributed by atoms with E-state index in [0.29, 0.717) is 0 Å². The first-order chi connectivity index (χ1) is 5.84. The quantitative estimate of drug-likeness (QED) is 0.727. The highest BCUT2D eigenvalue weighted by molar-refractivity contribution is 7.90. The number of halogens is 3. The van der Waals surface area contributed by atoms with Crippen LogP contribution >= 0.6 is 34.8 Å². The summed E-state index contributed by atoms with van der Waals surface area (Å²) in [6.07, 6.45) is 1.05. The van der Waals surface area contributed by atoms with Gasteiger partial charge in [-0.1, -0.05) is 34.8 Å². The Hall–Kier alpha value is 0.0400. The minimum Gasteiger partial charge on any atom is -0.224 e. The normalized spacial score (nSPS) is 11.7. The summed E-state index contributed by atoms with van der Waals surface area (Å²) in [7, 11) is -3.35. The predicted octanol–water partition coefficient (Wildman–Crippen LogP) is 3.05. The van der Waals surface area contributed by atoms with Crippen molar-refractivity contribution in [3.05, 3.63) is 27.2 Å². The Morgan fingerprint density at radius 1 is 1.08 bits per heavy atom. The van der Waals surface area contributed by atoms with Crippen molar-refractivity contribution in [2.75, 3.05) is 6.26 Å². The van der Waals surface area contributed by atoms with E-state index in [1.54, 1.807) is 0 Å². The van der Waals surface area contributed by atoms with Crippen molar-refractivity contribution in [2.24, 2.45) is 0 Å². The van der Waals surface area contributed by atoms with Crippen LogP contribution < -0.4 is 0 Å². The molecular weight excluding hydrogens is 255 g/mol. The van der Waals surface area contributed by atoms with Crippen molar-refractivity contribution in [3.63, 3.8) is 0 Å². The lowest BCUT2D eigenvalue weighted by atomic mass is 10.4. The van der Waals surface area contributed by atoms with Crippen LogP contribution in [0.3, 0.4) is 0 Å². The van der Waals surface area contributed by atoms with Crippen molar-refractivity contribution in [1.29, 1.82) is 0 Å². The molecule has 0 unspecified atom stereocenters. The zero-order chi connectivity index (χ0) is 10.2. The number of benzene rings is 1. The third-order valence-corrected chi connectivity index (χ3v) is 3.94. The highest BCUT2D eigenvalue weighted by atomic mass is 35.5. The molecule has 1 aromatic carbocycles.